The van der Waals surface area contributed by atoms with Crippen LogP contribution in [0.3, 0.4) is 0 Å². The smallest absolute Gasteiger partial charge is 0.138 e. The van der Waals surface area contributed by atoms with Crippen molar-refractivity contribution in [3.05, 3.63) is 121 Å². The van der Waals surface area contributed by atoms with E-state index >= 15 is 0 Å². The van der Waals surface area contributed by atoms with E-state index in [9.17, 15) is 0 Å². The predicted molar refractivity (Wildman–Crippen MR) is 134 cm³/mol. The minimum Gasteiger partial charge on any atom is -0.149 e. The van der Waals surface area contributed by atoms with Crippen LogP contribution < -0.4 is 0 Å². The summed E-state index contributed by atoms with van der Waals surface area (Å²) >= 11 is 3.39. The Bertz CT molecular complexity index is 1290. The molecule has 0 aliphatic heterocycles. The molecule has 5 rings (SSSR count). The molecule has 1 heterocycles. The molecule has 154 valence electrons. The van der Waals surface area contributed by atoms with Crippen LogP contribution in [0, 0.1) is 0 Å². The van der Waals surface area contributed by atoms with Crippen LogP contribution in [-0.2, 0) is 0 Å². The number of hydrogen-bond acceptors (Lipinski definition) is 4. The maximum atomic E-state index is 4.74. The van der Waals surface area contributed by atoms with Gasteiger partial charge in [-0.1, -0.05) is 121 Å². The molecule has 4 heteroatoms. The quantitative estimate of drug-likeness (QED) is 0.262. The second-order valence-electron chi connectivity index (χ2n) is 7.12. The van der Waals surface area contributed by atoms with E-state index in [1.54, 1.807) is 23.5 Å². The molecule has 0 aliphatic rings. The Morgan fingerprint density at radius 1 is 0.438 bits per heavy atom. The van der Waals surface area contributed by atoms with Crippen molar-refractivity contribution in [3.8, 4) is 22.4 Å². The van der Waals surface area contributed by atoms with Gasteiger partial charge in [-0.25, -0.2) is 0 Å². The standard InChI is InChI=1S/C28H20N2S2/c1-5-13-21(14-6-1)25-26(22-15-7-2-8-16-22)29-30-28(32-24-19-11-4-12-20-24)27(25)31-23-17-9-3-10-18-23/h1-20H. The fourth-order valence-electron chi connectivity index (χ4n) is 3.44. The van der Waals surface area contributed by atoms with Crippen molar-refractivity contribution < 1.29 is 0 Å². The number of hydrogen-bond donors (Lipinski definition) is 0. The highest BCUT2D eigenvalue weighted by Gasteiger charge is 2.21. The van der Waals surface area contributed by atoms with Gasteiger partial charge in [0.05, 0.1) is 4.90 Å². The molecule has 0 N–H and O–H groups in total. The zero-order chi connectivity index (χ0) is 21.6. The Labute approximate surface area is 196 Å². The molecule has 0 fully saturated rings. The van der Waals surface area contributed by atoms with E-state index in [-0.39, 0.29) is 0 Å². The van der Waals surface area contributed by atoms with E-state index in [4.69, 9.17) is 10.2 Å². The monoisotopic (exact) mass is 448 g/mol. The summed E-state index contributed by atoms with van der Waals surface area (Å²) < 4.78 is 0. The van der Waals surface area contributed by atoms with E-state index in [2.05, 4.69) is 84.9 Å². The third kappa shape index (κ3) is 4.62. The largest absolute Gasteiger partial charge is 0.149 e. The molecule has 0 saturated heterocycles. The van der Waals surface area contributed by atoms with E-state index in [1.807, 2.05) is 36.4 Å². The fourth-order valence-corrected chi connectivity index (χ4v) is 5.46. The average Bonchev–Trinajstić information content (AvgIpc) is 2.87. The van der Waals surface area contributed by atoms with E-state index in [0.717, 1.165) is 37.2 Å². The molecule has 0 bridgehead atoms. The first-order valence-electron chi connectivity index (χ1n) is 10.4. The summed E-state index contributed by atoms with van der Waals surface area (Å²) in [6, 6.07) is 41.6. The van der Waals surface area contributed by atoms with E-state index in [0.29, 0.717) is 0 Å². The van der Waals surface area contributed by atoms with Gasteiger partial charge in [-0.2, -0.15) is 0 Å². The first-order valence-corrected chi connectivity index (χ1v) is 12.0. The number of rotatable bonds is 6. The molecule has 0 aliphatic carbocycles. The lowest BCUT2D eigenvalue weighted by atomic mass is 10.0. The second kappa shape index (κ2) is 9.86. The van der Waals surface area contributed by atoms with E-state index < -0.39 is 0 Å². The first-order chi connectivity index (χ1) is 15.9. The van der Waals surface area contributed by atoms with Crippen LogP contribution in [0.4, 0.5) is 0 Å². The van der Waals surface area contributed by atoms with Crippen molar-refractivity contribution in [2.45, 2.75) is 19.7 Å². The molecule has 5 aromatic rings. The van der Waals surface area contributed by atoms with Gasteiger partial charge in [0.25, 0.3) is 0 Å². The van der Waals surface area contributed by atoms with E-state index in [1.165, 1.54) is 4.90 Å². The van der Waals surface area contributed by atoms with Crippen molar-refractivity contribution in [1.29, 1.82) is 0 Å². The summed E-state index contributed by atoms with van der Waals surface area (Å²) in [5.41, 5.74) is 4.20. The zero-order valence-corrected chi connectivity index (χ0v) is 18.9. The summed E-state index contributed by atoms with van der Waals surface area (Å²) in [5.74, 6) is 0. The lowest BCUT2D eigenvalue weighted by Gasteiger charge is -2.17. The number of benzene rings is 4. The summed E-state index contributed by atoms with van der Waals surface area (Å²) in [7, 11) is 0. The molecular weight excluding hydrogens is 428 g/mol. The maximum absolute atomic E-state index is 4.74. The molecule has 1 aromatic heterocycles. The molecule has 0 spiro atoms. The van der Waals surface area contributed by atoms with Gasteiger partial charge in [-0.05, 0) is 29.8 Å². The van der Waals surface area contributed by atoms with Crippen LogP contribution in [0.15, 0.2) is 141 Å². The first kappa shape index (κ1) is 20.6. The summed E-state index contributed by atoms with van der Waals surface area (Å²) in [5, 5.41) is 10.4. The molecule has 0 atom stereocenters. The lowest BCUT2D eigenvalue weighted by Crippen LogP contribution is -1.99. The number of aromatic nitrogens is 2. The van der Waals surface area contributed by atoms with Crippen molar-refractivity contribution in [2.75, 3.05) is 0 Å². The van der Waals surface area contributed by atoms with Gasteiger partial charge in [-0.3, -0.25) is 0 Å². The fraction of sp³-hybridized carbons (Fsp3) is 0. The highest BCUT2D eigenvalue weighted by atomic mass is 32.2. The molecule has 32 heavy (non-hydrogen) atoms. The van der Waals surface area contributed by atoms with Crippen molar-refractivity contribution in [1.82, 2.24) is 10.2 Å². The minimum absolute atomic E-state index is 0.896. The Morgan fingerprint density at radius 2 is 0.906 bits per heavy atom. The molecule has 0 saturated carbocycles. The predicted octanol–water partition coefficient (Wildman–Crippen LogP) is 8.11. The molecular formula is C28H20N2S2. The second-order valence-corrected chi connectivity index (χ2v) is 9.27. The molecule has 0 radical (unpaired) electrons. The van der Waals surface area contributed by atoms with Crippen molar-refractivity contribution in [3.63, 3.8) is 0 Å². The van der Waals surface area contributed by atoms with Crippen LogP contribution in [-0.4, -0.2) is 10.2 Å². The lowest BCUT2D eigenvalue weighted by molar-refractivity contribution is 0.887. The van der Waals surface area contributed by atoms with Crippen LogP contribution in [0.25, 0.3) is 22.4 Å². The van der Waals surface area contributed by atoms with Gasteiger partial charge >= 0.3 is 0 Å². The summed E-state index contributed by atoms with van der Waals surface area (Å²) in [4.78, 5) is 3.43. The molecule has 0 unspecified atom stereocenters. The molecule has 2 nitrogen and oxygen atoms in total. The van der Waals surface area contributed by atoms with Gasteiger partial charge in [-0.15, -0.1) is 10.2 Å². The maximum Gasteiger partial charge on any atom is 0.138 e. The van der Waals surface area contributed by atoms with Gasteiger partial charge < -0.3 is 0 Å². The van der Waals surface area contributed by atoms with Crippen LogP contribution >= 0.6 is 23.5 Å². The third-order valence-corrected chi connectivity index (χ3v) is 7.16. The third-order valence-electron chi connectivity index (χ3n) is 4.93. The van der Waals surface area contributed by atoms with Crippen LogP contribution in [0.2, 0.25) is 0 Å². The zero-order valence-electron chi connectivity index (χ0n) is 17.3. The SMILES string of the molecule is c1ccc(Sc2nnc(-c3ccccc3)c(-c3ccccc3)c2Sc2ccccc2)cc1. The average molecular weight is 449 g/mol. The highest BCUT2D eigenvalue weighted by Crippen LogP contribution is 2.46. The minimum atomic E-state index is 0.896. The van der Waals surface area contributed by atoms with Gasteiger partial charge in [0.2, 0.25) is 0 Å². The van der Waals surface area contributed by atoms with Crippen LogP contribution in [0.5, 0.6) is 0 Å². The summed E-state index contributed by atoms with van der Waals surface area (Å²) in [6.45, 7) is 0. The van der Waals surface area contributed by atoms with Gasteiger partial charge in [0.1, 0.15) is 10.7 Å². The Hall–Kier alpha value is -3.34. The topological polar surface area (TPSA) is 25.8 Å². The highest BCUT2D eigenvalue weighted by molar-refractivity contribution is 8.02. The molecule has 4 aromatic carbocycles. The number of nitrogens with zero attached hydrogens (tertiary/aromatic N) is 2. The normalized spacial score (nSPS) is 10.8. The van der Waals surface area contributed by atoms with Crippen molar-refractivity contribution in [2.24, 2.45) is 0 Å². The Morgan fingerprint density at radius 3 is 1.47 bits per heavy atom. The molecule has 0 amide bonds. The summed E-state index contributed by atoms with van der Waals surface area (Å²) in [6.07, 6.45) is 0. The van der Waals surface area contributed by atoms with Gasteiger partial charge in [0.15, 0.2) is 0 Å². The van der Waals surface area contributed by atoms with Crippen LogP contribution in [0.1, 0.15) is 0 Å². The van der Waals surface area contributed by atoms with Crippen molar-refractivity contribution >= 4 is 23.5 Å². The Balaban J connectivity index is 1.74. The van der Waals surface area contributed by atoms with Gasteiger partial charge in [0, 0.05) is 20.9 Å². The Kier molecular flexibility index (Phi) is 6.33.